The minimum Gasteiger partial charge on any atom is -0.374 e. The van der Waals surface area contributed by atoms with E-state index in [-0.39, 0.29) is 12.3 Å². The molecule has 0 aliphatic carbocycles. The minimum absolute atomic E-state index is 0.0811. The van der Waals surface area contributed by atoms with Crippen molar-refractivity contribution in [1.82, 2.24) is 0 Å². The molecule has 0 radical (unpaired) electrons. The van der Waals surface area contributed by atoms with Crippen LogP contribution < -0.4 is 0 Å². The van der Waals surface area contributed by atoms with Gasteiger partial charge in [0.15, 0.2) is 5.60 Å². The van der Waals surface area contributed by atoms with Gasteiger partial charge >= 0.3 is 174 Å². The zero-order chi connectivity index (χ0) is 34.2. The van der Waals surface area contributed by atoms with Crippen molar-refractivity contribution >= 4 is 10.1 Å². The fraction of sp³-hybridized carbons (Fsp3) is 0.567. The molecule has 0 aromatic heterocycles. The van der Waals surface area contributed by atoms with E-state index in [4.69, 9.17) is 13.7 Å². The average Bonchev–Trinajstić information content (AvgIpc) is 2.82. The topological polar surface area (TPSA) is 52.8 Å². The summed E-state index contributed by atoms with van der Waals surface area (Å²) in [6, 6.07) is 17.4. The number of aliphatic hydroxyl groups is 2. The van der Waals surface area contributed by atoms with Gasteiger partial charge in [0, 0.05) is 0 Å². The van der Waals surface area contributed by atoms with Crippen molar-refractivity contribution in [3.05, 3.63) is 65.2 Å². The summed E-state index contributed by atoms with van der Waals surface area (Å²) >= 11 is -0.553. The van der Waals surface area contributed by atoms with Gasteiger partial charge in [0.05, 0.1) is 0 Å². The van der Waals surface area contributed by atoms with Crippen molar-refractivity contribution < 1.29 is 67.6 Å². The third-order valence-corrected chi connectivity index (χ3v) is 8.56. The Morgan fingerprint density at radius 3 is 1.28 bits per heavy atom. The van der Waals surface area contributed by atoms with E-state index in [1.54, 1.807) is 0 Å². The fourth-order valence-corrected chi connectivity index (χ4v) is 4.81. The number of hydrogen-bond acceptors (Lipinski definition) is 3. The van der Waals surface area contributed by atoms with E-state index in [2.05, 4.69) is 94.5 Å². The van der Waals surface area contributed by atoms with Crippen molar-refractivity contribution in [1.29, 1.82) is 0 Å². The Kier molecular flexibility index (Phi) is 14.7. The maximum atomic E-state index is 11.4. The number of alkyl halides is 9. The monoisotopic (exact) mass is 715 g/mol. The zero-order valence-electron chi connectivity index (χ0n) is 25.5. The molecule has 13 heteroatoms. The summed E-state index contributed by atoms with van der Waals surface area (Å²) in [6.07, 6.45) is -15.9. The van der Waals surface area contributed by atoms with Crippen LogP contribution in [-0.4, -0.2) is 44.3 Å². The van der Waals surface area contributed by atoms with Crippen LogP contribution in [0.3, 0.4) is 0 Å². The molecule has 2 rings (SSSR count). The quantitative estimate of drug-likeness (QED) is 0.240. The Morgan fingerprint density at radius 2 is 1.00 bits per heavy atom. The van der Waals surface area contributed by atoms with Gasteiger partial charge in [0.2, 0.25) is 0 Å². The molecule has 3 nitrogen and oxygen atoms in total. The summed E-state index contributed by atoms with van der Waals surface area (Å²) in [5, 5.41) is 16.2. The van der Waals surface area contributed by atoms with Crippen molar-refractivity contribution in [2.75, 3.05) is 0 Å². The van der Waals surface area contributed by atoms with Crippen molar-refractivity contribution in [2.24, 2.45) is 3.50 Å². The standard InChI is InChI=1S/C12H17N.C10H12.C4H4F6O.C4H7F3O.Mo/c1-8(2)10-6-5-7-11(9(3)4)12(10)13;1-10(2,3)9-7-5-4-6-8-9;1-2(11,3(5,6)7)4(8,9)10;1-3(2,8)4(5,6)7;/h5-9H,1-4H3;1,4-8H,2-3H3;11H,1H3;8H,1-2H3;. The smallest absolute Gasteiger partial charge is 0.374 e. The van der Waals surface area contributed by atoms with Crippen molar-refractivity contribution in [3.63, 3.8) is 0 Å². The molecule has 0 aliphatic heterocycles. The second kappa shape index (κ2) is 15.4. The molecule has 0 spiro atoms. The Bertz CT molecular complexity index is 1150. The number of rotatable bonds is 5. The molecule has 0 fully saturated rings. The normalized spacial score (nSPS) is 13.1. The molecule has 0 amide bonds. The summed E-state index contributed by atoms with van der Waals surface area (Å²) in [5.74, 6) is 1.02. The van der Waals surface area contributed by atoms with Crippen molar-refractivity contribution in [2.45, 2.75) is 109 Å². The van der Waals surface area contributed by atoms with Gasteiger partial charge in [0.25, 0.3) is 5.60 Å². The first-order valence-corrected chi connectivity index (χ1v) is 15.2. The molecule has 43 heavy (non-hydrogen) atoms. The van der Waals surface area contributed by atoms with Crippen LogP contribution in [0.1, 0.15) is 90.8 Å². The van der Waals surface area contributed by atoms with Crippen molar-refractivity contribution in [3.8, 4) is 0 Å². The van der Waals surface area contributed by atoms with E-state index in [9.17, 15) is 39.5 Å². The van der Waals surface area contributed by atoms with Gasteiger partial charge in [-0.15, -0.1) is 0 Å². The van der Waals surface area contributed by atoms with Crippen LogP contribution in [0.5, 0.6) is 0 Å². The van der Waals surface area contributed by atoms with Gasteiger partial charge in [-0.3, -0.25) is 0 Å². The molecule has 0 saturated heterocycles. The SMILES string of the molecule is CC(C)(O)C(F)(F)F.CC(C)c1cccc(C(C)C)c1[N]=[Mo]=[CH]C(C)(C)c1ccccc1.CC(O)(C(F)(F)F)C(F)(F)F. The Labute approximate surface area is 255 Å². The molecule has 2 aromatic carbocycles. The molecular weight excluding hydrogens is 673 g/mol. The molecule has 0 saturated carbocycles. The molecular formula is C30H40F9MoNO2. The summed E-state index contributed by atoms with van der Waals surface area (Å²) < 4.78 is 110. The predicted molar refractivity (Wildman–Crippen MR) is 147 cm³/mol. The van der Waals surface area contributed by atoms with Crippen LogP contribution in [0.25, 0.3) is 0 Å². The number of benzene rings is 2. The second-order valence-corrected chi connectivity index (χ2v) is 13.2. The molecule has 2 N–H and O–H groups in total. The Morgan fingerprint density at radius 1 is 0.628 bits per heavy atom. The van der Waals surface area contributed by atoms with E-state index in [0.717, 1.165) is 0 Å². The van der Waals surface area contributed by atoms with Crippen LogP contribution >= 0.6 is 0 Å². The summed E-state index contributed by atoms with van der Waals surface area (Å²) in [4.78, 5) is 0. The minimum atomic E-state index is -5.69. The van der Waals surface area contributed by atoms with Crippen LogP contribution in [0.4, 0.5) is 45.2 Å². The largest absolute Gasteiger partial charge is 0.425 e. The van der Waals surface area contributed by atoms with Crippen LogP contribution in [-0.2, 0) is 23.3 Å². The summed E-state index contributed by atoms with van der Waals surface area (Å²) in [6.45, 7) is 14.7. The molecule has 2 aromatic rings. The van der Waals surface area contributed by atoms with E-state index in [1.165, 1.54) is 22.4 Å². The van der Waals surface area contributed by atoms with E-state index in [0.29, 0.717) is 25.7 Å². The van der Waals surface area contributed by atoms with Crippen LogP contribution in [0, 0.1) is 0 Å². The van der Waals surface area contributed by atoms with Crippen LogP contribution in [0.2, 0.25) is 0 Å². The first-order chi connectivity index (χ1) is 19.1. The molecule has 0 bridgehead atoms. The Balaban J connectivity index is 0.000000768. The molecule has 0 atom stereocenters. The molecule has 246 valence electrons. The molecule has 0 heterocycles. The first kappa shape index (κ1) is 41.1. The third kappa shape index (κ3) is 12.5. The maximum Gasteiger partial charge on any atom is 0.425 e. The van der Waals surface area contributed by atoms with E-state index < -0.39 is 47.7 Å². The third-order valence-electron chi connectivity index (χ3n) is 6.15. The van der Waals surface area contributed by atoms with Gasteiger partial charge in [-0.25, -0.2) is 0 Å². The van der Waals surface area contributed by atoms with Gasteiger partial charge in [-0.05, 0) is 20.8 Å². The summed E-state index contributed by atoms with van der Waals surface area (Å²) in [5.41, 5.74) is -1.71. The van der Waals surface area contributed by atoms with Gasteiger partial charge in [-0.1, -0.05) is 0 Å². The second-order valence-electron chi connectivity index (χ2n) is 11.6. The Hall–Kier alpha value is -1.91. The average molecular weight is 714 g/mol. The van der Waals surface area contributed by atoms with Gasteiger partial charge in [-0.2, -0.15) is 39.5 Å². The predicted octanol–water partition coefficient (Wildman–Crippen LogP) is 9.79. The molecule has 0 aliphatic rings. The van der Waals surface area contributed by atoms with Gasteiger partial charge in [0.1, 0.15) is 0 Å². The van der Waals surface area contributed by atoms with E-state index >= 15 is 0 Å². The summed E-state index contributed by atoms with van der Waals surface area (Å²) in [7, 11) is 0. The number of nitrogens with zero attached hydrogens (tertiary/aromatic N) is 1. The molecule has 0 unspecified atom stereocenters. The van der Waals surface area contributed by atoms with Gasteiger partial charge < -0.3 is 10.2 Å². The van der Waals surface area contributed by atoms with E-state index in [1.807, 2.05) is 0 Å². The number of halogens is 9. The fourth-order valence-electron chi connectivity index (χ4n) is 2.92. The first-order valence-electron chi connectivity index (χ1n) is 13.1. The zero-order valence-corrected chi connectivity index (χ0v) is 27.5. The number of hydrogen-bond donors (Lipinski definition) is 2. The van der Waals surface area contributed by atoms with Crippen LogP contribution in [0.15, 0.2) is 52.0 Å². The maximum absolute atomic E-state index is 11.4.